The van der Waals surface area contributed by atoms with Gasteiger partial charge in [0.2, 0.25) is 0 Å². The number of aromatic nitrogens is 2. The van der Waals surface area contributed by atoms with Crippen molar-refractivity contribution in [2.75, 3.05) is 23.7 Å². The number of thiocarbonyl (C=S) groups is 1. The van der Waals surface area contributed by atoms with Gasteiger partial charge in [0, 0.05) is 19.6 Å². The van der Waals surface area contributed by atoms with Crippen LogP contribution in [0.5, 0.6) is 0 Å². The lowest BCUT2D eigenvalue weighted by molar-refractivity contribution is 0.600. The number of hydrogen-bond donors (Lipinski definition) is 3. The van der Waals surface area contributed by atoms with Crippen molar-refractivity contribution in [3.8, 4) is 0 Å². The fraction of sp³-hybridized carbons (Fsp3) is 0.588. The maximum absolute atomic E-state index is 12.5. The highest BCUT2D eigenvalue weighted by Crippen LogP contribution is 2.19. The van der Waals surface area contributed by atoms with Crippen LogP contribution in [-0.4, -0.2) is 27.8 Å². The van der Waals surface area contributed by atoms with E-state index in [0.717, 1.165) is 18.4 Å². The molecule has 1 aromatic rings. The number of rotatable bonds is 8. The van der Waals surface area contributed by atoms with E-state index in [1.165, 1.54) is 4.57 Å². The lowest BCUT2D eigenvalue weighted by Crippen LogP contribution is -2.47. The zero-order valence-electron chi connectivity index (χ0n) is 15.5. The molecule has 0 aromatic carbocycles. The molecule has 0 aliphatic heterocycles. The van der Waals surface area contributed by atoms with Gasteiger partial charge < -0.3 is 16.0 Å². The van der Waals surface area contributed by atoms with Crippen LogP contribution in [0.2, 0.25) is 0 Å². The standard InChI is InChI=1S/C17H29N5O2S/c1-6-7-8-21-14(18)13(15(23)20-16(21)24)22(10-12(4)5)17(25)19-9-11(2)3/h12H,2,6-10,18H2,1,3-5H3,(H,19,25)(H,20,23,24). The first-order valence-electron chi connectivity index (χ1n) is 8.51. The molecule has 0 saturated heterocycles. The number of aromatic amines is 1. The van der Waals surface area contributed by atoms with Crippen molar-refractivity contribution in [3.63, 3.8) is 0 Å². The summed E-state index contributed by atoms with van der Waals surface area (Å²) in [6, 6.07) is 0. The zero-order valence-corrected chi connectivity index (χ0v) is 16.3. The summed E-state index contributed by atoms with van der Waals surface area (Å²) in [5.74, 6) is 0.377. The van der Waals surface area contributed by atoms with Crippen molar-refractivity contribution >= 4 is 28.8 Å². The van der Waals surface area contributed by atoms with Gasteiger partial charge in [0.05, 0.1) is 0 Å². The predicted molar refractivity (Wildman–Crippen MR) is 108 cm³/mol. The second kappa shape index (κ2) is 9.41. The minimum absolute atomic E-state index is 0.141. The molecule has 0 aliphatic carbocycles. The highest BCUT2D eigenvalue weighted by molar-refractivity contribution is 7.80. The molecule has 0 saturated carbocycles. The Morgan fingerprint density at radius 1 is 1.44 bits per heavy atom. The summed E-state index contributed by atoms with van der Waals surface area (Å²) in [7, 11) is 0. The minimum atomic E-state index is -0.532. The summed E-state index contributed by atoms with van der Waals surface area (Å²) >= 11 is 5.46. The third-order valence-electron chi connectivity index (χ3n) is 3.55. The molecule has 0 fully saturated rings. The lowest BCUT2D eigenvalue weighted by atomic mass is 10.2. The molecule has 0 unspecified atom stereocenters. The molecule has 7 nitrogen and oxygen atoms in total. The van der Waals surface area contributed by atoms with Crippen LogP contribution >= 0.6 is 12.2 Å². The summed E-state index contributed by atoms with van der Waals surface area (Å²) in [6.45, 7) is 13.2. The summed E-state index contributed by atoms with van der Waals surface area (Å²) in [5, 5.41) is 3.46. The molecule has 25 heavy (non-hydrogen) atoms. The molecule has 140 valence electrons. The molecule has 0 radical (unpaired) electrons. The Balaban J connectivity index is 3.37. The van der Waals surface area contributed by atoms with Crippen LogP contribution in [0.3, 0.4) is 0 Å². The maximum atomic E-state index is 12.5. The number of nitrogens with zero attached hydrogens (tertiary/aromatic N) is 2. The molecule has 0 spiro atoms. The van der Waals surface area contributed by atoms with Crippen molar-refractivity contribution in [2.45, 2.75) is 47.1 Å². The van der Waals surface area contributed by atoms with Crippen molar-refractivity contribution in [2.24, 2.45) is 5.92 Å². The Labute approximate surface area is 153 Å². The van der Waals surface area contributed by atoms with Crippen LogP contribution in [-0.2, 0) is 6.54 Å². The predicted octanol–water partition coefficient (Wildman–Crippen LogP) is 1.83. The van der Waals surface area contributed by atoms with Gasteiger partial charge >= 0.3 is 5.69 Å². The number of H-pyrrole nitrogens is 1. The fourth-order valence-corrected chi connectivity index (χ4v) is 2.58. The molecule has 0 bridgehead atoms. The Bertz CT molecular complexity index is 736. The van der Waals surface area contributed by atoms with E-state index in [9.17, 15) is 9.59 Å². The van der Waals surface area contributed by atoms with E-state index in [4.69, 9.17) is 18.0 Å². The zero-order chi connectivity index (χ0) is 19.1. The number of nitrogens with two attached hydrogens (primary N) is 1. The van der Waals surface area contributed by atoms with Gasteiger partial charge in [-0.2, -0.15) is 0 Å². The van der Waals surface area contributed by atoms with E-state index < -0.39 is 11.2 Å². The first kappa shape index (κ1) is 21.0. The Morgan fingerprint density at radius 2 is 2.08 bits per heavy atom. The van der Waals surface area contributed by atoms with Gasteiger partial charge in [-0.3, -0.25) is 14.3 Å². The van der Waals surface area contributed by atoms with Gasteiger partial charge in [-0.05, 0) is 31.5 Å². The molecule has 1 heterocycles. The van der Waals surface area contributed by atoms with Crippen LogP contribution in [0.1, 0.15) is 40.5 Å². The highest BCUT2D eigenvalue weighted by atomic mass is 32.1. The van der Waals surface area contributed by atoms with E-state index in [0.29, 0.717) is 24.7 Å². The first-order chi connectivity index (χ1) is 11.7. The average molecular weight is 368 g/mol. The number of hydrogen-bond acceptors (Lipinski definition) is 4. The van der Waals surface area contributed by atoms with Crippen LogP contribution in [0.4, 0.5) is 11.5 Å². The fourth-order valence-electron chi connectivity index (χ4n) is 2.34. The molecule has 4 N–H and O–H groups in total. The number of unbranched alkanes of at least 4 members (excludes halogenated alkanes) is 1. The molecular weight excluding hydrogens is 338 g/mol. The summed E-state index contributed by atoms with van der Waals surface area (Å²) in [6.07, 6.45) is 1.70. The summed E-state index contributed by atoms with van der Waals surface area (Å²) in [5.41, 5.74) is 6.29. The maximum Gasteiger partial charge on any atom is 0.330 e. The average Bonchev–Trinajstić information content (AvgIpc) is 2.50. The van der Waals surface area contributed by atoms with Crippen molar-refractivity contribution in [1.82, 2.24) is 14.9 Å². The van der Waals surface area contributed by atoms with Crippen molar-refractivity contribution < 1.29 is 0 Å². The van der Waals surface area contributed by atoms with Crippen LogP contribution in [0.25, 0.3) is 0 Å². The van der Waals surface area contributed by atoms with Gasteiger partial charge in [0.1, 0.15) is 5.82 Å². The molecule has 1 aromatic heterocycles. The second-order valence-corrected chi connectivity index (χ2v) is 7.01. The minimum Gasteiger partial charge on any atom is -0.383 e. The highest BCUT2D eigenvalue weighted by Gasteiger charge is 2.22. The van der Waals surface area contributed by atoms with Crippen molar-refractivity contribution in [3.05, 3.63) is 33.0 Å². The summed E-state index contributed by atoms with van der Waals surface area (Å²) in [4.78, 5) is 28.6. The summed E-state index contributed by atoms with van der Waals surface area (Å²) < 4.78 is 1.40. The number of anilines is 2. The molecule has 0 amide bonds. The van der Waals surface area contributed by atoms with E-state index in [2.05, 4.69) is 16.9 Å². The van der Waals surface area contributed by atoms with E-state index in [-0.39, 0.29) is 17.4 Å². The normalized spacial score (nSPS) is 10.8. The molecule has 0 atom stereocenters. The Kier molecular flexibility index (Phi) is 7.89. The topological polar surface area (TPSA) is 96.2 Å². The SMILES string of the molecule is C=C(C)CNC(=S)N(CC(C)C)c1c(N)n(CCCC)c(=O)[nH]c1=O. The quantitative estimate of drug-likeness (QED) is 0.479. The van der Waals surface area contributed by atoms with Crippen molar-refractivity contribution in [1.29, 1.82) is 0 Å². The molecule has 0 aliphatic rings. The van der Waals surface area contributed by atoms with Crippen LogP contribution < -0.4 is 27.2 Å². The third kappa shape index (κ3) is 5.74. The smallest absolute Gasteiger partial charge is 0.330 e. The Hall–Kier alpha value is -2.09. The number of nitrogens with one attached hydrogen (secondary N) is 2. The van der Waals surface area contributed by atoms with Gasteiger partial charge in [0.25, 0.3) is 5.56 Å². The monoisotopic (exact) mass is 367 g/mol. The molecule has 8 heteroatoms. The third-order valence-corrected chi connectivity index (χ3v) is 3.92. The number of nitrogen functional groups attached to an aromatic ring is 1. The van der Waals surface area contributed by atoms with Crippen LogP contribution in [0, 0.1) is 5.92 Å². The molecular formula is C17H29N5O2S. The second-order valence-electron chi connectivity index (χ2n) is 6.62. The van der Waals surface area contributed by atoms with Gasteiger partial charge in [0.15, 0.2) is 10.8 Å². The molecule has 1 rings (SSSR count). The van der Waals surface area contributed by atoms with E-state index >= 15 is 0 Å². The van der Waals surface area contributed by atoms with E-state index in [1.54, 1.807) is 4.90 Å². The van der Waals surface area contributed by atoms with E-state index in [1.807, 2.05) is 27.7 Å². The van der Waals surface area contributed by atoms with Gasteiger partial charge in [-0.1, -0.05) is 39.3 Å². The lowest BCUT2D eigenvalue weighted by Gasteiger charge is -2.28. The first-order valence-corrected chi connectivity index (χ1v) is 8.92. The largest absolute Gasteiger partial charge is 0.383 e. The van der Waals surface area contributed by atoms with Crippen LogP contribution in [0.15, 0.2) is 21.7 Å². The van der Waals surface area contributed by atoms with Gasteiger partial charge in [-0.15, -0.1) is 0 Å². The van der Waals surface area contributed by atoms with Gasteiger partial charge in [-0.25, -0.2) is 4.79 Å². The Morgan fingerprint density at radius 3 is 2.60 bits per heavy atom.